The van der Waals surface area contributed by atoms with Gasteiger partial charge in [0.25, 0.3) is 5.91 Å². The van der Waals surface area contributed by atoms with Crippen molar-refractivity contribution in [3.63, 3.8) is 0 Å². The van der Waals surface area contributed by atoms with Crippen molar-refractivity contribution in [1.82, 2.24) is 10.2 Å². The zero-order valence-electron chi connectivity index (χ0n) is 19.8. The van der Waals surface area contributed by atoms with Gasteiger partial charge in [-0.2, -0.15) is 0 Å². The van der Waals surface area contributed by atoms with Crippen molar-refractivity contribution >= 4 is 11.8 Å². The lowest BCUT2D eigenvalue weighted by Gasteiger charge is -2.32. The van der Waals surface area contributed by atoms with Crippen molar-refractivity contribution in [2.45, 2.75) is 65.3 Å². The van der Waals surface area contributed by atoms with Crippen LogP contribution in [0.5, 0.6) is 5.75 Å². The van der Waals surface area contributed by atoms with Gasteiger partial charge in [-0.15, -0.1) is 0 Å². The molecule has 1 saturated heterocycles. The summed E-state index contributed by atoms with van der Waals surface area (Å²) in [5, 5.41) is 3.13. The molecule has 0 aromatic heterocycles. The highest BCUT2D eigenvalue weighted by atomic mass is 16.5. The minimum absolute atomic E-state index is 0.0336. The van der Waals surface area contributed by atoms with Crippen LogP contribution in [0.25, 0.3) is 0 Å². The third kappa shape index (κ3) is 6.35. The van der Waals surface area contributed by atoms with Gasteiger partial charge in [-0.05, 0) is 67.9 Å². The molecule has 1 N–H and O–H groups in total. The number of para-hydroxylation sites is 1. The van der Waals surface area contributed by atoms with E-state index < -0.39 is 0 Å². The zero-order chi connectivity index (χ0) is 23.1. The van der Waals surface area contributed by atoms with Crippen LogP contribution in [0.2, 0.25) is 0 Å². The Morgan fingerprint density at radius 3 is 2.25 bits per heavy atom. The van der Waals surface area contributed by atoms with Gasteiger partial charge in [0.1, 0.15) is 5.75 Å². The quantitative estimate of drug-likeness (QED) is 0.592. The minimum Gasteiger partial charge on any atom is -0.493 e. The first kappa shape index (κ1) is 23.8. The maximum absolute atomic E-state index is 12.6. The van der Waals surface area contributed by atoms with Gasteiger partial charge in [0.2, 0.25) is 5.91 Å². The Hall–Kier alpha value is -2.82. The number of likely N-dealkylation sites (tertiary alicyclic amines) is 1. The van der Waals surface area contributed by atoms with E-state index in [0.717, 1.165) is 29.7 Å². The Bertz CT molecular complexity index is 893. The summed E-state index contributed by atoms with van der Waals surface area (Å²) >= 11 is 0. The van der Waals surface area contributed by atoms with Gasteiger partial charge >= 0.3 is 0 Å². The molecule has 0 radical (unpaired) electrons. The van der Waals surface area contributed by atoms with Gasteiger partial charge < -0.3 is 15.0 Å². The van der Waals surface area contributed by atoms with Crippen LogP contribution in [0, 0.1) is 13.8 Å². The second kappa shape index (κ2) is 11.2. The predicted octanol–water partition coefficient (Wildman–Crippen LogP) is 5.01. The fourth-order valence-electron chi connectivity index (χ4n) is 4.14. The summed E-state index contributed by atoms with van der Waals surface area (Å²) in [4.78, 5) is 27.0. The average molecular weight is 437 g/mol. The first-order valence-electron chi connectivity index (χ1n) is 11.7. The second-order valence-corrected chi connectivity index (χ2v) is 9.08. The molecule has 0 unspecified atom stereocenters. The van der Waals surface area contributed by atoms with Crippen LogP contribution < -0.4 is 10.1 Å². The van der Waals surface area contributed by atoms with Crippen molar-refractivity contribution in [3.8, 4) is 5.75 Å². The summed E-state index contributed by atoms with van der Waals surface area (Å²) in [6.07, 6.45) is 2.78. The van der Waals surface area contributed by atoms with E-state index >= 15 is 0 Å². The number of hydrogen-bond acceptors (Lipinski definition) is 3. The van der Waals surface area contributed by atoms with Crippen LogP contribution >= 0.6 is 0 Å². The highest BCUT2D eigenvalue weighted by Crippen LogP contribution is 2.22. The summed E-state index contributed by atoms with van der Waals surface area (Å²) < 4.78 is 5.91. The van der Waals surface area contributed by atoms with E-state index in [1.165, 1.54) is 5.56 Å². The molecule has 0 aliphatic carbocycles. The first-order valence-corrected chi connectivity index (χ1v) is 11.7. The van der Waals surface area contributed by atoms with E-state index in [-0.39, 0.29) is 17.9 Å². The number of nitrogens with zero attached hydrogens (tertiary/aromatic N) is 1. The molecule has 0 saturated carbocycles. The van der Waals surface area contributed by atoms with Gasteiger partial charge in [0.15, 0.2) is 0 Å². The molecule has 0 bridgehead atoms. The fourth-order valence-corrected chi connectivity index (χ4v) is 4.14. The van der Waals surface area contributed by atoms with E-state index in [1.807, 2.05) is 61.2 Å². The van der Waals surface area contributed by atoms with Crippen LogP contribution in [0.1, 0.15) is 72.5 Å². The molecule has 5 heteroatoms. The van der Waals surface area contributed by atoms with E-state index in [2.05, 4.69) is 19.2 Å². The topological polar surface area (TPSA) is 58.6 Å². The third-order valence-electron chi connectivity index (χ3n) is 6.21. The summed E-state index contributed by atoms with van der Waals surface area (Å²) in [6.45, 7) is 10.3. The Morgan fingerprint density at radius 2 is 1.66 bits per heavy atom. The lowest BCUT2D eigenvalue weighted by Crippen LogP contribution is -2.46. The SMILES string of the molecule is Cc1cccc(C)c1OCCCC(=O)N1CCC(NC(=O)c2ccc(C(C)C)cc2)CC1. The van der Waals surface area contributed by atoms with Crippen molar-refractivity contribution in [3.05, 3.63) is 64.7 Å². The molecule has 172 valence electrons. The molecule has 2 amide bonds. The van der Waals surface area contributed by atoms with Gasteiger partial charge in [0.05, 0.1) is 6.61 Å². The number of piperidine rings is 1. The van der Waals surface area contributed by atoms with Crippen molar-refractivity contribution in [2.24, 2.45) is 0 Å². The fraction of sp³-hybridized carbons (Fsp3) is 0.481. The van der Waals surface area contributed by atoms with Gasteiger partial charge in [-0.3, -0.25) is 9.59 Å². The molecule has 5 nitrogen and oxygen atoms in total. The van der Waals surface area contributed by atoms with Gasteiger partial charge in [0, 0.05) is 31.1 Å². The summed E-state index contributed by atoms with van der Waals surface area (Å²) in [6, 6.07) is 14.0. The molecule has 3 rings (SSSR count). The number of benzene rings is 2. The van der Waals surface area contributed by atoms with Crippen LogP contribution in [-0.2, 0) is 4.79 Å². The lowest BCUT2D eigenvalue weighted by atomic mass is 10.0. The number of aryl methyl sites for hydroxylation is 2. The molecule has 2 aromatic rings. The molecule has 1 aliphatic rings. The van der Waals surface area contributed by atoms with Crippen molar-refractivity contribution < 1.29 is 14.3 Å². The van der Waals surface area contributed by atoms with Crippen molar-refractivity contribution in [1.29, 1.82) is 0 Å². The molecular weight excluding hydrogens is 400 g/mol. The highest BCUT2D eigenvalue weighted by Gasteiger charge is 2.24. The summed E-state index contributed by atoms with van der Waals surface area (Å²) in [5.74, 6) is 1.51. The van der Waals surface area contributed by atoms with Crippen LogP contribution in [0.3, 0.4) is 0 Å². The lowest BCUT2D eigenvalue weighted by molar-refractivity contribution is -0.132. The van der Waals surface area contributed by atoms with Crippen molar-refractivity contribution in [2.75, 3.05) is 19.7 Å². The number of carbonyl (C=O) groups excluding carboxylic acids is 2. The predicted molar refractivity (Wildman–Crippen MR) is 128 cm³/mol. The molecule has 2 aromatic carbocycles. The minimum atomic E-state index is -0.0336. The average Bonchev–Trinajstić information content (AvgIpc) is 2.78. The third-order valence-corrected chi connectivity index (χ3v) is 6.21. The zero-order valence-corrected chi connectivity index (χ0v) is 19.8. The van der Waals surface area contributed by atoms with E-state index in [1.54, 1.807) is 0 Å². The number of amides is 2. The second-order valence-electron chi connectivity index (χ2n) is 9.08. The number of nitrogens with one attached hydrogen (secondary N) is 1. The standard InChI is InChI=1S/C27H36N2O3/c1-19(2)22-10-12-23(13-11-22)27(31)28-24-14-16-29(17-15-24)25(30)9-6-18-32-26-20(3)7-5-8-21(26)4/h5,7-8,10-13,19,24H,6,9,14-18H2,1-4H3,(H,28,31). The monoisotopic (exact) mass is 436 g/mol. The molecule has 32 heavy (non-hydrogen) atoms. The number of carbonyl (C=O) groups is 2. The maximum Gasteiger partial charge on any atom is 0.251 e. The Morgan fingerprint density at radius 1 is 1.03 bits per heavy atom. The van der Waals surface area contributed by atoms with Gasteiger partial charge in [-0.1, -0.05) is 44.2 Å². The Balaban J connectivity index is 1.37. The summed E-state index contributed by atoms with van der Waals surface area (Å²) in [7, 11) is 0. The maximum atomic E-state index is 12.6. The number of hydrogen-bond donors (Lipinski definition) is 1. The first-order chi connectivity index (χ1) is 15.3. The van der Waals surface area contributed by atoms with E-state index in [4.69, 9.17) is 4.74 Å². The number of ether oxygens (including phenoxy) is 1. The van der Waals surface area contributed by atoms with Gasteiger partial charge in [-0.25, -0.2) is 0 Å². The Labute approximate surface area is 192 Å². The highest BCUT2D eigenvalue weighted by molar-refractivity contribution is 5.94. The molecule has 0 atom stereocenters. The normalized spacial score (nSPS) is 14.5. The number of rotatable bonds is 8. The van der Waals surface area contributed by atoms with E-state index in [9.17, 15) is 9.59 Å². The smallest absolute Gasteiger partial charge is 0.251 e. The molecule has 1 heterocycles. The van der Waals surface area contributed by atoms with E-state index in [0.29, 0.717) is 44.0 Å². The van der Waals surface area contributed by atoms with Crippen LogP contribution in [0.4, 0.5) is 0 Å². The largest absolute Gasteiger partial charge is 0.493 e. The van der Waals surface area contributed by atoms with Crippen LogP contribution in [-0.4, -0.2) is 42.5 Å². The molecular formula is C27H36N2O3. The summed E-state index contributed by atoms with van der Waals surface area (Å²) in [5.41, 5.74) is 4.16. The molecule has 1 aliphatic heterocycles. The Kier molecular flexibility index (Phi) is 8.32. The van der Waals surface area contributed by atoms with Crippen LogP contribution in [0.15, 0.2) is 42.5 Å². The molecule has 0 spiro atoms. The molecule has 1 fully saturated rings.